The summed E-state index contributed by atoms with van der Waals surface area (Å²) < 4.78 is 2.00. The normalized spacial score (nSPS) is 12.8. The van der Waals surface area contributed by atoms with Gasteiger partial charge in [-0.25, -0.2) is 4.98 Å². The van der Waals surface area contributed by atoms with Crippen LogP contribution in [0.5, 0.6) is 0 Å². The van der Waals surface area contributed by atoms with Gasteiger partial charge in [-0.3, -0.25) is 9.69 Å². The third-order valence-electron chi connectivity index (χ3n) is 3.12. The summed E-state index contributed by atoms with van der Waals surface area (Å²) in [5.74, 6) is 0.735. The van der Waals surface area contributed by atoms with Gasteiger partial charge in [-0.1, -0.05) is 6.92 Å². The van der Waals surface area contributed by atoms with Crippen molar-refractivity contribution in [1.29, 1.82) is 0 Å². The molecule has 6 heteroatoms. The molecule has 0 spiro atoms. The first-order chi connectivity index (χ1) is 9.04. The van der Waals surface area contributed by atoms with Crippen LogP contribution in [0.15, 0.2) is 12.4 Å². The van der Waals surface area contributed by atoms with E-state index in [0.717, 1.165) is 38.3 Å². The molecule has 1 aromatic heterocycles. The van der Waals surface area contributed by atoms with Crippen LogP contribution in [0.1, 0.15) is 25.6 Å². The van der Waals surface area contributed by atoms with Gasteiger partial charge < -0.3 is 15.6 Å². The number of amides is 1. The Morgan fingerprint density at radius 2 is 2.37 bits per heavy atom. The van der Waals surface area contributed by atoms with E-state index in [0.29, 0.717) is 0 Å². The molecule has 0 aliphatic heterocycles. The topological polar surface area (TPSA) is 76.2 Å². The van der Waals surface area contributed by atoms with Gasteiger partial charge in [0.25, 0.3) is 0 Å². The second-order valence-corrected chi connectivity index (χ2v) is 4.89. The Bertz CT molecular complexity index is 390. The van der Waals surface area contributed by atoms with Gasteiger partial charge in [0.2, 0.25) is 5.91 Å². The Morgan fingerprint density at radius 1 is 1.63 bits per heavy atom. The lowest BCUT2D eigenvalue weighted by atomic mass is 10.2. The first-order valence-corrected chi connectivity index (χ1v) is 6.72. The number of nitrogens with zero attached hydrogens (tertiary/aromatic N) is 3. The van der Waals surface area contributed by atoms with Gasteiger partial charge >= 0.3 is 0 Å². The molecule has 1 aromatic rings. The number of carbonyl (C=O) groups excluding carboxylic acids is 1. The van der Waals surface area contributed by atoms with Crippen LogP contribution in [-0.4, -0.2) is 46.5 Å². The van der Waals surface area contributed by atoms with E-state index in [1.165, 1.54) is 0 Å². The number of hydrogen-bond acceptors (Lipinski definition) is 4. The van der Waals surface area contributed by atoms with Crippen LogP contribution < -0.4 is 11.1 Å². The molecule has 19 heavy (non-hydrogen) atoms. The highest BCUT2D eigenvalue weighted by Crippen LogP contribution is 2.01. The molecule has 0 saturated carbocycles. The van der Waals surface area contributed by atoms with Gasteiger partial charge in [0.15, 0.2) is 0 Å². The number of nitrogens with one attached hydrogen (secondary N) is 1. The van der Waals surface area contributed by atoms with Crippen LogP contribution in [-0.2, 0) is 18.4 Å². The maximum Gasteiger partial charge on any atom is 0.234 e. The first kappa shape index (κ1) is 15.7. The highest BCUT2D eigenvalue weighted by Gasteiger charge is 2.15. The molecule has 6 nitrogen and oxygen atoms in total. The molecule has 0 aliphatic carbocycles. The summed E-state index contributed by atoms with van der Waals surface area (Å²) in [5.41, 5.74) is 5.39. The number of hydrogen-bond donors (Lipinski definition) is 2. The molecule has 0 saturated heterocycles. The molecule has 0 bridgehead atoms. The van der Waals surface area contributed by atoms with Crippen LogP contribution in [0.2, 0.25) is 0 Å². The van der Waals surface area contributed by atoms with Crippen LogP contribution in [0.4, 0.5) is 0 Å². The molecule has 1 heterocycles. The fourth-order valence-corrected chi connectivity index (χ4v) is 1.88. The average molecular weight is 267 g/mol. The van der Waals surface area contributed by atoms with Gasteiger partial charge in [0.1, 0.15) is 5.82 Å². The van der Waals surface area contributed by atoms with Gasteiger partial charge in [-0.05, 0) is 26.4 Å². The summed E-state index contributed by atoms with van der Waals surface area (Å²) in [6, 6.07) is -0.247. The van der Waals surface area contributed by atoms with Gasteiger partial charge in [0, 0.05) is 26.0 Å². The molecule has 0 aliphatic rings. The Morgan fingerprint density at radius 3 is 2.89 bits per heavy atom. The van der Waals surface area contributed by atoms with Gasteiger partial charge in [0.05, 0.1) is 12.6 Å². The zero-order valence-electron chi connectivity index (χ0n) is 12.1. The van der Waals surface area contributed by atoms with Crippen LogP contribution in [0, 0.1) is 0 Å². The minimum absolute atomic E-state index is 0.247. The van der Waals surface area contributed by atoms with E-state index < -0.39 is 0 Å². The molecule has 0 aromatic carbocycles. The van der Waals surface area contributed by atoms with Crippen LogP contribution >= 0.6 is 0 Å². The largest absolute Gasteiger partial charge is 0.368 e. The van der Waals surface area contributed by atoms with E-state index in [1.807, 2.05) is 24.9 Å². The highest BCUT2D eigenvalue weighted by atomic mass is 16.1. The third-order valence-corrected chi connectivity index (χ3v) is 3.12. The molecule has 1 atom stereocenters. The number of rotatable bonds is 9. The second kappa shape index (κ2) is 7.91. The molecular weight excluding hydrogens is 242 g/mol. The van der Waals surface area contributed by atoms with Gasteiger partial charge in [-0.2, -0.15) is 0 Å². The second-order valence-electron chi connectivity index (χ2n) is 4.89. The van der Waals surface area contributed by atoms with Gasteiger partial charge in [-0.15, -0.1) is 0 Å². The average Bonchev–Trinajstić information content (AvgIpc) is 2.74. The van der Waals surface area contributed by atoms with Crippen molar-refractivity contribution in [1.82, 2.24) is 19.8 Å². The van der Waals surface area contributed by atoms with Crippen molar-refractivity contribution in [2.45, 2.75) is 32.4 Å². The minimum atomic E-state index is -0.279. The predicted octanol–water partition coefficient (Wildman–Crippen LogP) is 0.0955. The van der Waals surface area contributed by atoms with E-state index in [9.17, 15) is 4.79 Å². The lowest BCUT2D eigenvalue weighted by molar-refractivity contribution is -0.120. The summed E-state index contributed by atoms with van der Waals surface area (Å²) in [5, 5.41) is 3.17. The zero-order valence-corrected chi connectivity index (χ0v) is 12.1. The number of aryl methyl sites for hydroxylation is 1. The molecule has 108 valence electrons. The quantitative estimate of drug-likeness (QED) is 0.665. The van der Waals surface area contributed by atoms with E-state index in [-0.39, 0.29) is 11.9 Å². The Hall–Kier alpha value is -1.40. The zero-order chi connectivity index (χ0) is 14.3. The van der Waals surface area contributed by atoms with E-state index in [1.54, 1.807) is 6.20 Å². The molecule has 0 fully saturated rings. The number of primary amides is 1. The van der Waals surface area contributed by atoms with Crippen molar-refractivity contribution in [3.63, 3.8) is 0 Å². The van der Waals surface area contributed by atoms with E-state index in [2.05, 4.69) is 22.1 Å². The van der Waals surface area contributed by atoms with E-state index in [4.69, 9.17) is 5.73 Å². The molecular formula is C13H25N5O. The smallest absolute Gasteiger partial charge is 0.234 e. The van der Waals surface area contributed by atoms with Crippen molar-refractivity contribution >= 4 is 5.91 Å². The van der Waals surface area contributed by atoms with Crippen molar-refractivity contribution < 1.29 is 4.79 Å². The monoisotopic (exact) mass is 267 g/mol. The number of aromatic nitrogens is 2. The Labute approximate surface area is 115 Å². The van der Waals surface area contributed by atoms with Crippen molar-refractivity contribution in [2.75, 3.05) is 20.1 Å². The summed E-state index contributed by atoms with van der Waals surface area (Å²) in [7, 11) is 4.00. The summed E-state index contributed by atoms with van der Waals surface area (Å²) in [6.07, 6.45) is 5.43. The number of nitrogens with two attached hydrogens (primary N) is 1. The van der Waals surface area contributed by atoms with Crippen LogP contribution in [0.3, 0.4) is 0 Å². The molecule has 1 amide bonds. The van der Waals surface area contributed by atoms with Crippen molar-refractivity contribution in [3.8, 4) is 0 Å². The van der Waals surface area contributed by atoms with E-state index >= 15 is 0 Å². The summed E-state index contributed by atoms with van der Waals surface area (Å²) in [6.45, 7) is 4.45. The lowest BCUT2D eigenvalue weighted by Crippen LogP contribution is -2.43. The summed E-state index contributed by atoms with van der Waals surface area (Å²) in [4.78, 5) is 17.7. The Kier molecular flexibility index (Phi) is 6.52. The van der Waals surface area contributed by atoms with Crippen molar-refractivity contribution in [3.05, 3.63) is 18.2 Å². The fourth-order valence-electron chi connectivity index (χ4n) is 1.88. The number of carbonyl (C=O) groups is 1. The minimum Gasteiger partial charge on any atom is -0.368 e. The third kappa shape index (κ3) is 5.40. The Balaban J connectivity index is 2.37. The first-order valence-electron chi connectivity index (χ1n) is 6.72. The molecule has 3 N–H and O–H groups in total. The number of imidazole rings is 1. The highest BCUT2D eigenvalue weighted by molar-refractivity contribution is 5.79. The molecule has 1 unspecified atom stereocenters. The summed E-state index contributed by atoms with van der Waals surface area (Å²) >= 11 is 0. The standard InChI is InChI=1S/C13H25N5O/c1-4-6-15-11(13(14)19)5-8-17(2)10-12-16-7-9-18(12)3/h7,9,11,15H,4-6,8,10H2,1-3H3,(H2,14,19). The van der Waals surface area contributed by atoms with Crippen molar-refractivity contribution in [2.24, 2.45) is 12.8 Å². The predicted molar refractivity (Wildman–Crippen MR) is 75.4 cm³/mol. The molecule has 1 rings (SSSR count). The maximum absolute atomic E-state index is 11.3. The fraction of sp³-hybridized carbons (Fsp3) is 0.692. The SMILES string of the molecule is CCCNC(CCN(C)Cc1nccn1C)C(N)=O. The molecule has 0 radical (unpaired) electrons. The lowest BCUT2D eigenvalue weighted by Gasteiger charge is -2.20. The maximum atomic E-state index is 11.3. The van der Waals surface area contributed by atoms with Crippen LogP contribution in [0.25, 0.3) is 0 Å².